The van der Waals surface area contributed by atoms with E-state index >= 15 is 0 Å². The molecule has 0 saturated heterocycles. The van der Waals surface area contributed by atoms with E-state index in [9.17, 15) is 0 Å². The molecule has 0 amide bonds. The first-order chi connectivity index (χ1) is 9.83. The van der Waals surface area contributed by atoms with E-state index in [0.717, 1.165) is 17.9 Å². The van der Waals surface area contributed by atoms with Gasteiger partial charge in [-0.25, -0.2) is 0 Å². The van der Waals surface area contributed by atoms with Crippen LogP contribution in [-0.2, 0) is 11.3 Å². The zero-order chi connectivity index (χ0) is 14.2. The van der Waals surface area contributed by atoms with E-state index in [2.05, 4.69) is 17.4 Å². The molecule has 0 fully saturated rings. The van der Waals surface area contributed by atoms with Crippen molar-refractivity contribution in [2.45, 2.75) is 12.7 Å². The number of ether oxygens (including phenoxy) is 2. The zero-order valence-corrected chi connectivity index (χ0v) is 12.0. The van der Waals surface area contributed by atoms with Crippen LogP contribution in [0.5, 0.6) is 5.75 Å². The molecule has 0 spiro atoms. The quantitative estimate of drug-likeness (QED) is 0.839. The molecule has 1 unspecified atom stereocenters. The van der Waals surface area contributed by atoms with E-state index in [1.165, 1.54) is 5.56 Å². The smallest absolute Gasteiger partial charge is 0.118 e. The Hall–Kier alpha value is -1.84. The summed E-state index contributed by atoms with van der Waals surface area (Å²) < 4.78 is 11.2. The summed E-state index contributed by atoms with van der Waals surface area (Å²) in [5.74, 6) is 0.864. The van der Waals surface area contributed by atoms with Gasteiger partial charge in [0.25, 0.3) is 0 Å². The van der Waals surface area contributed by atoms with Crippen LogP contribution < -0.4 is 10.1 Å². The minimum absolute atomic E-state index is 0.0586. The number of hydrogen-bond acceptors (Lipinski definition) is 3. The van der Waals surface area contributed by atoms with E-state index in [1.807, 2.05) is 49.5 Å². The van der Waals surface area contributed by atoms with Crippen LogP contribution >= 0.6 is 0 Å². The molecular weight excluding hydrogens is 250 g/mol. The fourth-order valence-corrected chi connectivity index (χ4v) is 2.04. The van der Waals surface area contributed by atoms with Crippen LogP contribution in [0.4, 0.5) is 0 Å². The van der Waals surface area contributed by atoms with Gasteiger partial charge in [-0.1, -0.05) is 42.5 Å². The van der Waals surface area contributed by atoms with Gasteiger partial charge in [-0.05, 0) is 30.3 Å². The lowest BCUT2D eigenvalue weighted by Gasteiger charge is -2.18. The summed E-state index contributed by atoms with van der Waals surface area (Å²) in [6, 6.07) is 18.2. The SMILES string of the molecule is CNCC(OCc1ccc(OC)cc1)c1ccccc1. The molecule has 2 aromatic rings. The highest BCUT2D eigenvalue weighted by molar-refractivity contribution is 5.26. The van der Waals surface area contributed by atoms with Gasteiger partial charge < -0.3 is 14.8 Å². The topological polar surface area (TPSA) is 30.5 Å². The van der Waals surface area contributed by atoms with Crippen LogP contribution in [-0.4, -0.2) is 20.7 Å². The van der Waals surface area contributed by atoms with E-state index < -0.39 is 0 Å². The van der Waals surface area contributed by atoms with Crippen molar-refractivity contribution in [3.63, 3.8) is 0 Å². The lowest BCUT2D eigenvalue weighted by Crippen LogP contribution is -2.19. The second kappa shape index (κ2) is 7.68. The molecule has 0 aliphatic rings. The van der Waals surface area contributed by atoms with Crippen LogP contribution in [0.25, 0.3) is 0 Å². The fourth-order valence-electron chi connectivity index (χ4n) is 2.04. The van der Waals surface area contributed by atoms with E-state index in [-0.39, 0.29) is 6.10 Å². The highest BCUT2D eigenvalue weighted by Crippen LogP contribution is 2.19. The summed E-state index contributed by atoms with van der Waals surface area (Å²) in [6.45, 7) is 1.38. The Kier molecular flexibility index (Phi) is 5.59. The molecule has 0 bridgehead atoms. The van der Waals surface area contributed by atoms with Crippen LogP contribution in [0.1, 0.15) is 17.2 Å². The second-order valence-corrected chi connectivity index (χ2v) is 4.62. The Morgan fingerprint density at radius 2 is 1.70 bits per heavy atom. The molecule has 0 aliphatic heterocycles. The Labute approximate surface area is 120 Å². The van der Waals surface area contributed by atoms with Crippen molar-refractivity contribution in [3.05, 3.63) is 65.7 Å². The number of benzene rings is 2. The minimum atomic E-state index is 0.0586. The third-order valence-corrected chi connectivity index (χ3v) is 3.17. The van der Waals surface area contributed by atoms with Crippen molar-refractivity contribution in [1.82, 2.24) is 5.32 Å². The summed E-state index contributed by atoms with van der Waals surface area (Å²) >= 11 is 0. The maximum absolute atomic E-state index is 6.02. The number of methoxy groups -OCH3 is 1. The first-order valence-corrected chi connectivity index (χ1v) is 6.77. The molecular formula is C17H21NO2. The molecule has 1 N–H and O–H groups in total. The van der Waals surface area contributed by atoms with Crippen molar-refractivity contribution in [3.8, 4) is 5.75 Å². The zero-order valence-electron chi connectivity index (χ0n) is 12.0. The molecule has 3 nitrogen and oxygen atoms in total. The van der Waals surface area contributed by atoms with Crippen molar-refractivity contribution in [1.29, 1.82) is 0 Å². The van der Waals surface area contributed by atoms with Crippen molar-refractivity contribution < 1.29 is 9.47 Å². The first-order valence-electron chi connectivity index (χ1n) is 6.77. The minimum Gasteiger partial charge on any atom is -0.497 e. The van der Waals surface area contributed by atoms with Gasteiger partial charge in [0.15, 0.2) is 0 Å². The molecule has 0 saturated carbocycles. The standard InChI is InChI=1S/C17H21NO2/c1-18-12-17(15-6-4-3-5-7-15)20-13-14-8-10-16(19-2)11-9-14/h3-11,17-18H,12-13H2,1-2H3. The molecule has 0 heterocycles. The Morgan fingerprint density at radius 1 is 1.00 bits per heavy atom. The Balaban J connectivity index is 1.98. The largest absolute Gasteiger partial charge is 0.497 e. The maximum atomic E-state index is 6.02. The third kappa shape index (κ3) is 4.08. The normalized spacial score (nSPS) is 12.1. The summed E-state index contributed by atoms with van der Waals surface area (Å²) in [5.41, 5.74) is 2.33. The average Bonchev–Trinajstić information content (AvgIpc) is 2.53. The number of rotatable bonds is 7. The van der Waals surface area contributed by atoms with Gasteiger partial charge in [0.05, 0.1) is 19.8 Å². The lowest BCUT2D eigenvalue weighted by molar-refractivity contribution is 0.0410. The summed E-state index contributed by atoms with van der Waals surface area (Å²) in [6.07, 6.45) is 0.0586. The van der Waals surface area contributed by atoms with Gasteiger partial charge in [-0.2, -0.15) is 0 Å². The van der Waals surface area contributed by atoms with Gasteiger partial charge in [0, 0.05) is 6.54 Å². The van der Waals surface area contributed by atoms with Gasteiger partial charge in [-0.3, -0.25) is 0 Å². The molecule has 0 aromatic heterocycles. The third-order valence-electron chi connectivity index (χ3n) is 3.17. The number of likely N-dealkylation sites (N-methyl/N-ethyl adjacent to an activating group) is 1. The molecule has 20 heavy (non-hydrogen) atoms. The molecule has 1 atom stereocenters. The predicted molar refractivity (Wildman–Crippen MR) is 80.9 cm³/mol. The average molecular weight is 271 g/mol. The van der Waals surface area contributed by atoms with E-state index in [1.54, 1.807) is 7.11 Å². The highest BCUT2D eigenvalue weighted by atomic mass is 16.5. The molecule has 0 aliphatic carbocycles. The second-order valence-electron chi connectivity index (χ2n) is 4.62. The van der Waals surface area contributed by atoms with E-state index in [0.29, 0.717) is 6.61 Å². The molecule has 106 valence electrons. The van der Waals surface area contributed by atoms with Crippen LogP contribution in [0.15, 0.2) is 54.6 Å². The predicted octanol–water partition coefficient (Wildman–Crippen LogP) is 3.17. The van der Waals surface area contributed by atoms with Crippen molar-refractivity contribution >= 4 is 0 Å². The molecule has 2 rings (SSSR count). The van der Waals surface area contributed by atoms with E-state index in [4.69, 9.17) is 9.47 Å². The van der Waals surface area contributed by atoms with Gasteiger partial charge in [0.2, 0.25) is 0 Å². The highest BCUT2D eigenvalue weighted by Gasteiger charge is 2.10. The van der Waals surface area contributed by atoms with Crippen LogP contribution in [0.3, 0.4) is 0 Å². The fraction of sp³-hybridized carbons (Fsp3) is 0.294. The van der Waals surface area contributed by atoms with Gasteiger partial charge in [-0.15, -0.1) is 0 Å². The molecule has 2 aromatic carbocycles. The summed E-state index contributed by atoms with van der Waals surface area (Å²) in [4.78, 5) is 0. The molecule has 3 heteroatoms. The lowest BCUT2D eigenvalue weighted by atomic mass is 10.1. The van der Waals surface area contributed by atoms with Crippen molar-refractivity contribution in [2.75, 3.05) is 20.7 Å². The summed E-state index contributed by atoms with van der Waals surface area (Å²) in [7, 11) is 3.61. The van der Waals surface area contributed by atoms with Gasteiger partial charge >= 0.3 is 0 Å². The van der Waals surface area contributed by atoms with Crippen LogP contribution in [0, 0.1) is 0 Å². The molecule has 0 radical (unpaired) electrons. The maximum Gasteiger partial charge on any atom is 0.118 e. The van der Waals surface area contributed by atoms with Crippen molar-refractivity contribution in [2.24, 2.45) is 0 Å². The number of hydrogen-bond donors (Lipinski definition) is 1. The first kappa shape index (κ1) is 14.6. The van der Waals surface area contributed by atoms with Gasteiger partial charge in [0.1, 0.15) is 5.75 Å². The Bertz CT molecular complexity index is 496. The summed E-state index contributed by atoms with van der Waals surface area (Å²) in [5, 5.41) is 3.18. The number of nitrogens with one attached hydrogen (secondary N) is 1. The Morgan fingerprint density at radius 3 is 2.30 bits per heavy atom. The van der Waals surface area contributed by atoms with Crippen LogP contribution in [0.2, 0.25) is 0 Å². The monoisotopic (exact) mass is 271 g/mol.